The summed E-state index contributed by atoms with van der Waals surface area (Å²) in [5.74, 6) is -0.878. The molecule has 12 heteroatoms. The van der Waals surface area contributed by atoms with Gasteiger partial charge in [-0.3, -0.25) is 19.8 Å². The monoisotopic (exact) mass is 578 g/mol. The highest BCUT2D eigenvalue weighted by molar-refractivity contribution is 7.80. The molecule has 0 spiro atoms. The van der Waals surface area contributed by atoms with Crippen LogP contribution in [0.3, 0.4) is 0 Å². The number of ether oxygens (including phenoxy) is 2. The van der Waals surface area contributed by atoms with Crippen molar-refractivity contribution in [2.24, 2.45) is 7.05 Å². The third kappa shape index (κ3) is 5.82. The van der Waals surface area contributed by atoms with E-state index in [1.165, 1.54) is 19.2 Å². The minimum Gasteiger partial charge on any atom is -0.457 e. The maximum atomic E-state index is 14.0. The Morgan fingerprint density at radius 1 is 0.878 bits per heavy atom. The number of amides is 2. The number of hydrogen-bond acceptors (Lipinski definition) is 6. The van der Waals surface area contributed by atoms with Crippen LogP contribution >= 0.6 is 12.2 Å². The Hall–Kier alpha value is -4.97. The summed E-state index contributed by atoms with van der Waals surface area (Å²) in [7, 11) is 1.27. The highest BCUT2D eigenvalue weighted by Crippen LogP contribution is 2.39. The summed E-state index contributed by atoms with van der Waals surface area (Å²) in [6.45, 7) is 1.85. The van der Waals surface area contributed by atoms with Crippen LogP contribution in [0.4, 0.5) is 18.9 Å². The van der Waals surface area contributed by atoms with Crippen LogP contribution in [-0.4, -0.2) is 26.7 Å². The second-order valence-electron chi connectivity index (χ2n) is 8.97. The van der Waals surface area contributed by atoms with Crippen molar-refractivity contribution in [2.45, 2.75) is 13.1 Å². The summed E-state index contributed by atoms with van der Waals surface area (Å²) >= 11 is 5.22. The molecule has 0 atom stereocenters. The highest BCUT2D eigenvalue weighted by atomic mass is 32.1. The topological polar surface area (TPSA) is 85.7 Å². The number of rotatable bonds is 6. The van der Waals surface area contributed by atoms with E-state index in [1.807, 2.05) is 25.1 Å². The number of aromatic nitrogens is 2. The van der Waals surface area contributed by atoms with Crippen LogP contribution in [-0.2, 0) is 22.8 Å². The number of thiocarbonyl (C=S) groups is 1. The number of alkyl halides is 3. The first kappa shape index (κ1) is 27.6. The quantitative estimate of drug-likeness (QED) is 0.168. The minimum absolute atomic E-state index is 0.229. The molecule has 41 heavy (non-hydrogen) atoms. The van der Waals surface area contributed by atoms with Crippen molar-refractivity contribution in [3.8, 4) is 23.1 Å². The minimum atomic E-state index is -4.91. The van der Waals surface area contributed by atoms with Crippen LogP contribution in [0.2, 0.25) is 0 Å². The van der Waals surface area contributed by atoms with Crippen molar-refractivity contribution in [3.05, 3.63) is 101 Å². The molecule has 1 aliphatic heterocycles. The van der Waals surface area contributed by atoms with Crippen molar-refractivity contribution in [2.75, 3.05) is 4.90 Å². The molecule has 0 bridgehead atoms. The molecule has 4 aromatic rings. The van der Waals surface area contributed by atoms with E-state index in [0.29, 0.717) is 11.5 Å². The molecule has 0 saturated carbocycles. The van der Waals surface area contributed by atoms with Crippen molar-refractivity contribution < 1.29 is 32.2 Å². The van der Waals surface area contributed by atoms with Gasteiger partial charge in [0.25, 0.3) is 11.8 Å². The smallest absolute Gasteiger partial charge is 0.435 e. The van der Waals surface area contributed by atoms with Gasteiger partial charge < -0.3 is 9.47 Å². The molecule has 8 nitrogen and oxygen atoms in total. The lowest BCUT2D eigenvalue weighted by atomic mass is 10.1. The molecule has 2 amide bonds. The molecule has 5 rings (SSSR count). The zero-order valence-electron chi connectivity index (χ0n) is 21.6. The number of nitrogens with one attached hydrogen (secondary N) is 1. The number of nitrogens with zero attached hydrogens (tertiary/aromatic N) is 3. The SMILES string of the molecule is Cc1ccc(Oc2c(C=C3C(=O)NC(=S)N(c4ccc(Oc5ccccc5)cc4)C3=O)c(C(F)(F)F)nn2C)cc1. The number of carbonyl (C=O) groups is 2. The number of para-hydroxylation sites is 1. The van der Waals surface area contributed by atoms with Gasteiger partial charge in [0.1, 0.15) is 22.8 Å². The summed E-state index contributed by atoms with van der Waals surface area (Å²) in [4.78, 5) is 27.4. The Morgan fingerprint density at radius 3 is 2.10 bits per heavy atom. The van der Waals surface area contributed by atoms with Crippen LogP contribution in [0.25, 0.3) is 6.08 Å². The summed E-state index contributed by atoms with van der Waals surface area (Å²) in [5, 5.41) is 5.72. The zero-order chi connectivity index (χ0) is 29.3. The van der Waals surface area contributed by atoms with Gasteiger partial charge in [-0.2, -0.15) is 18.3 Å². The van der Waals surface area contributed by atoms with E-state index in [2.05, 4.69) is 10.4 Å². The summed E-state index contributed by atoms with van der Waals surface area (Å²) in [6, 6.07) is 21.9. The standard InChI is InChI=1S/C29H21F3N4O4S/c1-17-8-12-21(13-9-17)40-27-22(24(29(30,31)32)34-35(27)2)16-23-25(37)33-28(41)36(26(23)38)18-10-14-20(15-11-18)39-19-6-4-3-5-7-19/h3-16H,1-2H3,(H,33,37,41). The molecular weight excluding hydrogens is 557 g/mol. The van der Waals surface area contributed by atoms with E-state index in [4.69, 9.17) is 21.7 Å². The summed E-state index contributed by atoms with van der Waals surface area (Å²) in [5.41, 5.74) is -1.31. The molecule has 1 aromatic heterocycles. The Bertz CT molecular complexity index is 1670. The van der Waals surface area contributed by atoms with Gasteiger partial charge in [0, 0.05) is 7.05 Å². The van der Waals surface area contributed by atoms with Crippen molar-refractivity contribution in [3.63, 3.8) is 0 Å². The number of carbonyl (C=O) groups excluding carboxylic acids is 2. The largest absolute Gasteiger partial charge is 0.457 e. The third-order valence-electron chi connectivity index (χ3n) is 6.00. The van der Waals surface area contributed by atoms with Crippen LogP contribution in [0.5, 0.6) is 23.1 Å². The molecule has 1 saturated heterocycles. The molecule has 3 aromatic carbocycles. The Labute approximate surface area is 237 Å². The van der Waals surface area contributed by atoms with Crippen LogP contribution < -0.4 is 19.7 Å². The molecule has 0 unspecified atom stereocenters. The maximum Gasteiger partial charge on any atom is 0.435 e. The number of anilines is 1. The van der Waals surface area contributed by atoms with Gasteiger partial charge in [0.15, 0.2) is 10.8 Å². The molecule has 1 fully saturated rings. The number of aryl methyl sites for hydroxylation is 2. The van der Waals surface area contributed by atoms with E-state index in [0.717, 1.165) is 21.2 Å². The predicted octanol–water partition coefficient (Wildman–Crippen LogP) is 6.16. The lowest BCUT2D eigenvalue weighted by molar-refractivity contribution is -0.141. The number of hydrogen-bond donors (Lipinski definition) is 1. The molecule has 1 aliphatic rings. The Morgan fingerprint density at radius 2 is 1.46 bits per heavy atom. The van der Waals surface area contributed by atoms with Gasteiger partial charge in [0.05, 0.1) is 11.3 Å². The van der Waals surface area contributed by atoms with Crippen LogP contribution in [0.1, 0.15) is 16.8 Å². The molecule has 2 heterocycles. The lowest BCUT2D eigenvalue weighted by Gasteiger charge is -2.29. The number of benzene rings is 3. The molecule has 0 aliphatic carbocycles. The Balaban J connectivity index is 1.51. The Kier molecular flexibility index (Phi) is 7.33. The maximum absolute atomic E-state index is 14.0. The fourth-order valence-electron chi connectivity index (χ4n) is 4.03. The van der Waals surface area contributed by atoms with Gasteiger partial charge in [-0.25, -0.2) is 4.68 Å². The van der Waals surface area contributed by atoms with Gasteiger partial charge in [0.2, 0.25) is 5.88 Å². The number of halogens is 3. The first-order valence-corrected chi connectivity index (χ1v) is 12.6. The van der Waals surface area contributed by atoms with Crippen molar-refractivity contribution >= 4 is 40.9 Å². The van der Waals surface area contributed by atoms with Crippen molar-refractivity contribution in [1.82, 2.24) is 15.1 Å². The first-order valence-electron chi connectivity index (χ1n) is 12.1. The average Bonchev–Trinajstić information content (AvgIpc) is 3.24. The lowest BCUT2D eigenvalue weighted by Crippen LogP contribution is -2.54. The van der Waals surface area contributed by atoms with E-state index >= 15 is 0 Å². The fraction of sp³-hybridized carbons (Fsp3) is 0.103. The van der Waals surface area contributed by atoms with Gasteiger partial charge >= 0.3 is 6.18 Å². The molecule has 0 radical (unpaired) electrons. The average molecular weight is 579 g/mol. The normalized spacial score (nSPS) is 14.8. The van der Waals surface area contributed by atoms with Gasteiger partial charge in [-0.15, -0.1) is 0 Å². The van der Waals surface area contributed by atoms with E-state index < -0.39 is 34.8 Å². The molecular formula is C29H21F3N4O4S. The van der Waals surface area contributed by atoms with Crippen LogP contribution in [0.15, 0.2) is 84.4 Å². The van der Waals surface area contributed by atoms with E-state index in [-0.39, 0.29) is 22.4 Å². The molecule has 208 valence electrons. The van der Waals surface area contributed by atoms with Gasteiger partial charge in [-0.05, 0) is 73.7 Å². The van der Waals surface area contributed by atoms with Gasteiger partial charge in [-0.1, -0.05) is 35.9 Å². The third-order valence-corrected chi connectivity index (χ3v) is 6.28. The zero-order valence-corrected chi connectivity index (χ0v) is 22.4. The van der Waals surface area contributed by atoms with Crippen molar-refractivity contribution in [1.29, 1.82) is 0 Å². The second kappa shape index (κ2) is 10.9. The van der Waals surface area contributed by atoms with E-state index in [9.17, 15) is 22.8 Å². The van der Waals surface area contributed by atoms with Crippen LogP contribution in [0, 0.1) is 6.92 Å². The summed E-state index contributed by atoms with van der Waals surface area (Å²) in [6.07, 6.45) is -4.09. The first-order chi connectivity index (χ1) is 19.5. The predicted molar refractivity (Wildman–Crippen MR) is 149 cm³/mol. The summed E-state index contributed by atoms with van der Waals surface area (Å²) < 4.78 is 54.4. The molecule has 1 N–H and O–H groups in total. The fourth-order valence-corrected chi connectivity index (χ4v) is 4.31. The second-order valence-corrected chi connectivity index (χ2v) is 9.36. The highest BCUT2D eigenvalue weighted by Gasteiger charge is 2.41. The van der Waals surface area contributed by atoms with E-state index in [1.54, 1.807) is 48.5 Å².